The van der Waals surface area contributed by atoms with E-state index >= 15 is 0 Å². The predicted octanol–water partition coefficient (Wildman–Crippen LogP) is 2.79. The molecule has 13 nitrogen and oxygen atoms in total. The van der Waals surface area contributed by atoms with E-state index in [1.165, 1.54) is 4.57 Å². The Morgan fingerprint density at radius 3 is 2.46 bits per heavy atom. The van der Waals surface area contributed by atoms with Crippen LogP contribution in [0.2, 0.25) is 0 Å². The van der Waals surface area contributed by atoms with E-state index in [2.05, 4.69) is 20.6 Å². The maximum Gasteiger partial charge on any atom is 0.357 e. The van der Waals surface area contributed by atoms with Gasteiger partial charge in [-0.1, -0.05) is 24.3 Å². The zero-order chi connectivity index (χ0) is 29.7. The largest absolute Gasteiger partial charge is 0.476 e. The Morgan fingerprint density at radius 2 is 1.80 bits per heavy atom. The molecule has 2 amide bonds. The first-order valence-corrected chi connectivity index (χ1v) is 12.5. The number of imidazole rings is 1. The van der Waals surface area contributed by atoms with Crippen LogP contribution in [-0.4, -0.2) is 61.0 Å². The molecule has 4 rings (SSSR count). The van der Waals surface area contributed by atoms with Crippen LogP contribution < -0.4 is 16.4 Å². The Bertz CT molecular complexity index is 1680. The Balaban J connectivity index is 1.54. The molecule has 6 N–H and O–H groups in total. The second-order valence-corrected chi connectivity index (χ2v) is 9.17. The number of anilines is 1. The van der Waals surface area contributed by atoms with E-state index in [4.69, 9.17) is 16.2 Å². The lowest BCUT2D eigenvalue weighted by Gasteiger charge is -2.10. The van der Waals surface area contributed by atoms with Gasteiger partial charge in [0, 0.05) is 38.7 Å². The number of Topliss-reactive ketones (excluding diaryl/α,β-unsaturated/α-hetero) is 1. The minimum atomic E-state index is -1.39. The highest BCUT2D eigenvalue weighted by Crippen LogP contribution is 2.28. The number of fused-ring (bicyclic) bond motifs is 1. The molecule has 0 saturated carbocycles. The van der Waals surface area contributed by atoms with Crippen LogP contribution in [0.4, 0.5) is 10.5 Å². The summed E-state index contributed by atoms with van der Waals surface area (Å²) in [5.41, 5.74) is 8.11. The number of hydrogen-bond donors (Lipinski definition) is 5. The van der Waals surface area contributed by atoms with Gasteiger partial charge in [-0.15, -0.1) is 0 Å². The molecule has 0 aliphatic heterocycles. The quantitative estimate of drug-likeness (QED) is 0.112. The molecule has 0 spiro atoms. The molecular weight excluding hydrogens is 528 g/mol. The van der Waals surface area contributed by atoms with Crippen molar-refractivity contribution in [2.45, 2.75) is 19.9 Å². The monoisotopic (exact) mass is 556 g/mol. The minimum Gasteiger partial charge on any atom is -0.476 e. The fourth-order valence-corrected chi connectivity index (χ4v) is 4.11. The van der Waals surface area contributed by atoms with Gasteiger partial charge in [0.2, 0.25) is 0 Å². The van der Waals surface area contributed by atoms with Gasteiger partial charge in [-0.05, 0) is 35.9 Å². The number of carboxylic acid groups (broad SMARTS) is 1. The summed E-state index contributed by atoms with van der Waals surface area (Å²) in [6.45, 7) is 1.31. The van der Waals surface area contributed by atoms with Crippen molar-refractivity contribution in [1.82, 2.24) is 19.4 Å². The summed E-state index contributed by atoms with van der Waals surface area (Å²) in [6, 6.07) is 14.9. The zero-order valence-electron chi connectivity index (χ0n) is 22.3. The molecule has 210 valence electrons. The van der Waals surface area contributed by atoms with Crippen LogP contribution in [0.5, 0.6) is 0 Å². The molecule has 0 bridgehead atoms. The van der Waals surface area contributed by atoms with E-state index in [-0.39, 0.29) is 31.3 Å². The number of ketones is 1. The van der Waals surface area contributed by atoms with Crippen molar-refractivity contribution >= 4 is 52.0 Å². The number of hydrogen-bond acceptors (Lipinski definition) is 7. The highest BCUT2D eigenvalue weighted by molar-refractivity contribution is 6.63. The maximum absolute atomic E-state index is 13.1. The fourth-order valence-electron chi connectivity index (χ4n) is 4.11. The van der Waals surface area contributed by atoms with Gasteiger partial charge in [-0.25, -0.2) is 19.1 Å². The average Bonchev–Trinajstić information content (AvgIpc) is 3.48. The smallest absolute Gasteiger partial charge is 0.357 e. The molecule has 0 aliphatic carbocycles. The standard InChI is InChI=1S/C28H28N8O5/c1-16(37)24(27(39)40)32-14-17-7-9-18(10-8-17)26(38)33-19-13-22(35(2)15-19)25-34-20-5-3-4-6-21(20)36(25)28(41)31-12-11-23(29)30/h3-10,13,15H,11-12,14H2,1-2H3,(H3,29,30)(H,31,41)(H,33,38)(H,39,40). The highest BCUT2D eigenvalue weighted by atomic mass is 16.4. The first-order valence-electron chi connectivity index (χ1n) is 12.5. The number of benzene rings is 2. The van der Waals surface area contributed by atoms with Crippen LogP contribution in [0.1, 0.15) is 29.3 Å². The topological polar surface area (TPSA) is 198 Å². The molecule has 0 radical (unpaired) electrons. The summed E-state index contributed by atoms with van der Waals surface area (Å²) in [5, 5.41) is 22.0. The van der Waals surface area contributed by atoms with Gasteiger partial charge in [-0.3, -0.25) is 20.0 Å². The van der Waals surface area contributed by atoms with E-state index in [0.29, 0.717) is 39.4 Å². The molecule has 0 unspecified atom stereocenters. The van der Waals surface area contributed by atoms with Crippen LogP contribution in [0, 0.1) is 5.41 Å². The number of rotatable bonds is 10. The highest BCUT2D eigenvalue weighted by Gasteiger charge is 2.21. The second kappa shape index (κ2) is 12.1. The van der Waals surface area contributed by atoms with Crippen molar-refractivity contribution < 1.29 is 24.3 Å². The van der Waals surface area contributed by atoms with E-state index < -0.39 is 23.5 Å². The number of para-hydroxylation sites is 2. The molecule has 2 aromatic carbocycles. The molecule has 0 fully saturated rings. The van der Waals surface area contributed by atoms with Crippen molar-refractivity contribution in [2.24, 2.45) is 17.8 Å². The lowest BCUT2D eigenvalue weighted by molar-refractivity contribution is -0.130. The first kappa shape index (κ1) is 28.4. The summed E-state index contributed by atoms with van der Waals surface area (Å²) in [5.74, 6) is -2.08. The lowest BCUT2D eigenvalue weighted by atomic mass is 10.1. The number of nitrogens with two attached hydrogens (primary N) is 1. The number of aliphatic carboxylic acids is 1. The molecular formula is C28H28N8O5. The van der Waals surface area contributed by atoms with E-state index in [9.17, 15) is 19.2 Å². The zero-order valence-corrected chi connectivity index (χ0v) is 22.3. The van der Waals surface area contributed by atoms with Crippen molar-refractivity contribution in [1.29, 1.82) is 5.41 Å². The number of amides is 2. The maximum atomic E-state index is 13.1. The number of carbonyl (C=O) groups excluding carboxylic acids is 3. The first-order chi connectivity index (χ1) is 19.5. The SMILES string of the molecule is CC(=O)C(=NCc1ccc(C(=O)Nc2cc(-c3nc4ccccc4n3C(=O)NCCC(=N)N)n(C)c2)cc1)C(=O)O. The summed E-state index contributed by atoms with van der Waals surface area (Å²) in [7, 11) is 1.77. The van der Waals surface area contributed by atoms with Gasteiger partial charge in [0.15, 0.2) is 17.3 Å². The van der Waals surface area contributed by atoms with Gasteiger partial charge in [-0.2, -0.15) is 0 Å². The number of nitrogens with zero attached hydrogens (tertiary/aromatic N) is 4. The van der Waals surface area contributed by atoms with Gasteiger partial charge < -0.3 is 26.0 Å². The molecule has 13 heteroatoms. The van der Waals surface area contributed by atoms with E-state index in [0.717, 1.165) is 6.92 Å². The van der Waals surface area contributed by atoms with Crippen LogP contribution in [0.3, 0.4) is 0 Å². The number of aryl methyl sites for hydroxylation is 1. The fraction of sp³-hybridized carbons (Fsp3) is 0.179. The third kappa shape index (κ3) is 6.53. The predicted molar refractivity (Wildman–Crippen MR) is 153 cm³/mol. The van der Waals surface area contributed by atoms with Gasteiger partial charge >= 0.3 is 12.0 Å². The van der Waals surface area contributed by atoms with Crippen molar-refractivity contribution in [2.75, 3.05) is 11.9 Å². The Hall–Kier alpha value is -5.59. The Kier molecular flexibility index (Phi) is 8.37. The van der Waals surface area contributed by atoms with Crippen molar-refractivity contribution in [3.8, 4) is 11.5 Å². The van der Waals surface area contributed by atoms with Crippen LogP contribution in [-0.2, 0) is 23.2 Å². The molecule has 41 heavy (non-hydrogen) atoms. The van der Waals surface area contributed by atoms with E-state index in [1.54, 1.807) is 66.3 Å². The minimum absolute atomic E-state index is 0.0194. The number of aromatic nitrogens is 3. The number of carbonyl (C=O) groups is 4. The number of nitrogens with one attached hydrogen (secondary N) is 3. The van der Waals surface area contributed by atoms with Gasteiger partial charge in [0.1, 0.15) is 0 Å². The second-order valence-electron chi connectivity index (χ2n) is 9.17. The third-order valence-corrected chi connectivity index (χ3v) is 6.10. The van der Waals surface area contributed by atoms with E-state index in [1.807, 2.05) is 6.07 Å². The molecule has 0 atom stereocenters. The molecule has 2 heterocycles. The molecule has 0 saturated heterocycles. The summed E-state index contributed by atoms with van der Waals surface area (Å²) in [4.78, 5) is 57.1. The van der Waals surface area contributed by atoms with Crippen molar-refractivity contribution in [3.05, 3.63) is 71.9 Å². The van der Waals surface area contributed by atoms with Crippen LogP contribution in [0.25, 0.3) is 22.6 Å². The number of carboxylic acids is 1. The number of aliphatic imine (C=N–C) groups is 1. The summed E-state index contributed by atoms with van der Waals surface area (Å²) < 4.78 is 3.19. The molecule has 4 aromatic rings. The Morgan fingerprint density at radius 1 is 1.10 bits per heavy atom. The Labute approximate surface area is 234 Å². The van der Waals surface area contributed by atoms with Crippen LogP contribution >= 0.6 is 0 Å². The summed E-state index contributed by atoms with van der Waals surface area (Å²) >= 11 is 0. The van der Waals surface area contributed by atoms with Gasteiger partial charge in [0.05, 0.1) is 34.8 Å². The average molecular weight is 557 g/mol. The third-order valence-electron chi connectivity index (χ3n) is 6.10. The van der Waals surface area contributed by atoms with Crippen LogP contribution in [0.15, 0.2) is 65.8 Å². The normalized spacial score (nSPS) is 11.3. The van der Waals surface area contributed by atoms with Crippen molar-refractivity contribution in [3.63, 3.8) is 0 Å². The number of amidine groups is 1. The lowest BCUT2D eigenvalue weighted by Crippen LogP contribution is -2.32. The molecule has 2 aromatic heterocycles. The van der Waals surface area contributed by atoms with Gasteiger partial charge in [0.25, 0.3) is 5.91 Å². The summed E-state index contributed by atoms with van der Waals surface area (Å²) in [6.07, 6.45) is 1.91. The molecule has 0 aliphatic rings.